The summed E-state index contributed by atoms with van der Waals surface area (Å²) in [5.41, 5.74) is 1.78. The van der Waals surface area contributed by atoms with Crippen LogP contribution in [0.5, 0.6) is 5.75 Å². The quantitative estimate of drug-likeness (QED) is 0.650. The van der Waals surface area contributed by atoms with E-state index in [2.05, 4.69) is 42.0 Å². The van der Waals surface area contributed by atoms with Gasteiger partial charge in [0.2, 0.25) is 0 Å². The number of ether oxygens (including phenoxy) is 2. The Balaban J connectivity index is 2.04. The van der Waals surface area contributed by atoms with E-state index in [-0.39, 0.29) is 17.9 Å². The number of amides is 1. The van der Waals surface area contributed by atoms with E-state index in [0.717, 1.165) is 15.6 Å². The number of nitrogens with one attached hydrogen (secondary N) is 1. The Hall–Kier alpha value is -2.34. The molecule has 28 heavy (non-hydrogen) atoms. The maximum absolute atomic E-state index is 12.4. The summed E-state index contributed by atoms with van der Waals surface area (Å²) >= 11 is 3.47. The number of halogens is 1. The highest BCUT2D eigenvalue weighted by Gasteiger charge is 2.23. The first-order valence-electron chi connectivity index (χ1n) is 9.04. The van der Waals surface area contributed by atoms with Gasteiger partial charge in [0, 0.05) is 16.5 Å². The van der Waals surface area contributed by atoms with E-state index in [1.165, 1.54) is 7.11 Å². The van der Waals surface area contributed by atoms with Crippen LogP contribution < -0.4 is 10.1 Å². The molecule has 5 nitrogen and oxygen atoms in total. The van der Waals surface area contributed by atoms with Crippen molar-refractivity contribution in [3.63, 3.8) is 0 Å². The summed E-state index contributed by atoms with van der Waals surface area (Å²) in [5.74, 6) is -0.228. The monoisotopic (exact) mass is 447 g/mol. The molecule has 6 heteroatoms. The van der Waals surface area contributed by atoms with Crippen molar-refractivity contribution in [3.8, 4) is 5.75 Å². The fraction of sp³-hybridized carbons (Fsp3) is 0.364. The first kappa shape index (κ1) is 22.0. The standard InChI is InChI=1S/C22H26BrNO4/c1-22(2,3)17-13-16(23)10-11-19(17)28-14-20(25)24-18(21(26)27-4)12-15-8-6-5-7-9-15/h5-11,13,18H,12,14H2,1-4H3,(H,24,25). The molecule has 1 unspecified atom stereocenters. The van der Waals surface area contributed by atoms with Gasteiger partial charge in [-0.1, -0.05) is 67.0 Å². The molecule has 0 aliphatic rings. The molecule has 0 bridgehead atoms. The first-order valence-corrected chi connectivity index (χ1v) is 9.84. The minimum Gasteiger partial charge on any atom is -0.483 e. The average Bonchev–Trinajstić information content (AvgIpc) is 2.66. The molecule has 2 aromatic rings. The minimum atomic E-state index is -0.768. The summed E-state index contributed by atoms with van der Waals surface area (Å²) in [4.78, 5) is 24.5. The molecule has 0 aliphatic heterocycles. The molecule has 0 saturated carbocycles. The van der Waals surface area contributed by atoms with Gasteiger partial charge in [-0.2, -0.15) is 0 Å². The Kier molecular flexibility index (Phi) is 7.63. The van der Waals surface area contributed by atoms with Gasteiger partial charge in [0.25, 0.3) is 5.91 Å². The zero-order valence-electron chi connectivity index (χ0n) is 16.6. The summed E-state index contributed by atoms with van der Waals surface area (Å²) in [5, 5.41) is 2.71. The number of carbonyl (C=O) groups excluding carboxylic acids is 2. The van der Waals surface area contributed by atoms with Crippen LogP contribution in [0.25, 0.3) is 0 Å². The lowest BCUT2D eigenvalue weighted by molar-refractivity contribution is -0.145. The largest absolute Gasteiger partial charge is 0.483 e. The third kappa shape index (κ3) is 6.37. The molecule has 1 amide bonds. The molecule has 0 fully saturated rings. The lowest BCUT2D eigenvalue weighted by atomic mass is 9.86. The maximum Gasteiger partial charge on any atom is 0.328 e. The molecule has 0 saturated heterocycles. The molecule has 0 aromatic heterocycles. The Morgan fingerprint density at radius 1 is 1.11 bits per heavy atom. The van der Waals surface area contributed by atoms with Gasteiger partial charge in [0.1, 0.15) is 11.8 Å². The van der Waals surface area contributed by atoms with E-state index in [1.807, 2.05) is 48.5 Å². The summed E-state index contributed by atoms with van der Waals surface area (Å²) in [7, 11) is 1.31. The van der Waals surface area contributed by atoms with E-state index in [0.29, 0.717) is 12.2 Å². The summed E-state index contributed by atoms with van der Waals surface area (Å²) in [6, 6.07) is 14.4. The van der Waals surface area contributed by atoms with Crippen LogP contribution >= 0.6 is 15.9 Å². The van der Waals surface area contributed by atoms with Gasteiger partial charge in [-0.3, -0.25) is 4.79 Å². The van der Waals surface area contributed by atoms with Crippen LogP contribution in [0.15, 0.2) is 53.0 Å². The predicted octanol–water partition coefficient (Wildman–Crippen LogP) is 4.03. The third-order valence-corrected chi connectivity index (χ3v) is 4.71. The normalized spacial score (nSPS) is 12.2. The zero-order chi connectivity index (χ0) is 20.7. The van der Waals surface area contributed by atoms with Crippen LogP contribution in [-0.4, -0.2) is 31.6 Å². The SMILES string of the molecule is COC(=O)C(Cc1ccccc1)NC(=O)COc1ccc(Br)cc1C(C)(C)C. The highest BCUT2D eigenvalue weighted by molar-refractivity contribution is 9.10. The fourth-order valence-corrected chi connectivity index (χ4v) is 3.14. The van der Waals surface area contributed by atoms with E-state index >= 15 is 0 Å². The van der Waals surface area contributed by atoms with Crippen LogP contribution in [0.2, 0.25) is 0 Å². The lowest BCUT2D eigenvalue weighted by Crippen LogP contribution is -2.45. The third-order valence-electron chi connectivity index (χ3n) is 4.21. The number of carbonyl (C=O) groups is 2. The molecule has 0 heterocycles. The molecule has 0 radical (unpaired) electrons. The molecule has 1 N–H and O–H groups in total. The van der Waals surface area contributed by atoms with E-state index in [4.69, 9.17) is 9.47 Å². The Labute approximate surface area is 174 Å². The van der Waals surface area contributed by atoms with Gasteiger partial charge >= 0.3 is 5.97 Å². The highest BCUT2D eigenvalue weighted by atomic mass is 79.9. The van der Waals surface area contributed by atoms with Gasteiger partial charge in [-0.25, -0.2) is 4.79 Å². The summed E-state index contributed by atoms with van der Waals surface area (Å²) in [6.07, 6.45) is 0.352. The number of hydrogen-bond donors (Lipinski definition) is 1. The molecule has 2 aromatic carbocycles. The number of benzene rings is 2. The van der Waals surface area contributed by atoms with Gasteiger partial charge in [0.15, 0.2) is 6.61 Å². The fourth-order valence-electron chi connectivity index (χ4n) is 2.78. The van der Waals surface area contributed by atoms with Crippen molar-refractivity contribution in [2.75, 3.05) is 13.7 Å². The van der Waals surface area contributed by atoms with Crippen LogP contribution in [0.1, 0.15) is 31.9 Å². The summed E-state index contributed by atoms with van der Waals surface area (Å²) < 4.78 is 11.5. The molecular weight excluding hydrogens is 422 g/mol. The van der Waals surface area contributed by atoms with Gasteiger partial charge in [-0.05, 0) is 29.2 Å². The van der Waals surface area contributed by atoms with Crippen LogP contribution in [0.3, 0.4) is 0 Å². The van der Waals surface area contributed by atoms with Crippen molar-refractivity contribution < 1.29 is 19.1 Å². The molecule has 0 aliphatic carbocycles. The Morgan fingerprint density at radius 2 is 1.79 bits per heavy atom. The maximum atomic E-state index is 12.4. The smallest absolute Gasteiger partial charge is 0.328 e. The molecule has 2 rings (SSSR count). The second-order valence-corrected chi connectivity index (χ2v) is 8.43. The topological polar surface area (TPSA) is 64.6 Å². The number of rotatable bonds is 7. The zero-order valence-corrected chi connectivity index (χ0v) is 18.2. The lowest BCUT2D eigenvalue weighted by Gasteiger charge is -2.23. The Morgan fingerprint density at radius 3 is 2.39 bits per heavy atom. The van der Waals surface area contributed by atoms with Gasteiger partial charge in [-0.15, -0.1) is 0 Å². The number of methoxy groups -OCH3 is 1. The van der Waals surface area contributed by atoms with Crippen molar-refractivity contribution in [1.82, 2.24) is 5.32 Å². The number of esters is 1. The van der Waals surface area contributed by atoms with E-state index < -0.39 is 12.0 Å². The minimum absolute atomic E-state index is 0.141. The Bertz CT molecular complexity index is 815. The van der Waals surface area contributed by atoms with Crippen molar-refractivity contribution in [2.24, 2.45) is 0 Å². The van der Waals surface area contributed by atoms with Crippen LogP contribution in [-0.2, 0) is 26.2 Å². The second kappa shape index (κ2) is 9.73. The number of hydrogen-bond acceptors (Lipinski definition) is 4. The predicted molar refractivity (Wildman–Crippen MR) is 112 cm³/mol. The van der Waals surface area contributed by atoms with Crippen molar-refractivity contribution in [1.29, 1.82) is 0 Å². The molecular formula is C22H26BrNO4. The average molecular weight is 448 g/mol. The van der Waals surface area contributed by atoms with Crippen LogP contribution in [0.4, 0.5) is 0 Å². The molecule has 0 spiro atoms. The van der Waals surface area contributed by atoms with Crippen LogP contribution in [0, 0.1) is 0 Å². The van der Waals surface area contributed by atoms with Crippen molar-refractivity contribution in [2.45, 2.75) is 38.6 Å². The summed E-state index contributed by atoms with van der Waals surface area (Å²) in [6.45, 7) is 6.05. The van der Waals surface area contributed by atoms with Crippen molar-refractivity contribution >= 4 is 27.8 Å². The van der Waals surface area contributed by atoms with Gasteiger partial charge in [0.05, 0.1) is 7.11 Å². The van der Waals surface area contributed by atoms with Gasteiger partial charge < -0.3 is 14.8 Å². The van der Waals surface area contributed by atoms with E-state index in [9.17, 15) is 9.59 Å². The second-order valence-electron chi connectivity index (χ2n) is 7.51. The molecule has 150 valence electrons. The van der Waals surface area contributed by atoms with Crippen molar-refractivity contribution in [3.05, 3.63) is 64.1 Å². The van der Waals surface area contributed by atoms with E-state index in [1.54, 1.807) is 0 Å². The first-order chi connectivity index (χ1) is 13.2. The highest BCUT2D eigenvalue weighted by Crippen LogP contribution is 2.33. The molecule has 1 atom stereocenters.